The number of carbonyl (C=O) groups is 2. The average Bonchev–Trinajstić information content (AvgIpc) is 2.30. The molecule has 0 saturated heterocycles. The highest BCUT2D eigenvalue weighted by atomic mass is 16.4. The van der Waals surface area contributed by atoms with E-state index in [1.165, 1.54) is 6.92 Å². The maximum absolute atomic E-state index is 12.0. The zero-order valence-corrected chi connectivity index (χ0v) is 12.2. The molecule has 112 valence electrons. The Balaban J connectivity index is 4.58. The van der Waals surface area contributed by atoms with Crippen LogP contribution in [0.2, 0.25) is 0 Å². The van der Waals surface area contributed by atoms with E-state index in [4.69, 9.17) is 5.11 Å². The number of hydrogen-bond acceptors (Lipinski definition) is 3. The molecule has 0 radical (unpaired) electrons. The maximum atomic E-state index is 12.0. The first-order valence-corrected chi connectivity index (χ1v) is 6.79. The van der Waals surface area contributed by atoms with Crippen LogP contribution in [0, 0.1) is 0 Å². The quantitative estimate of drug-likeness (QED) is 0.584. The summed E-state index contributed by atoms with van der Waals surface area (Å²) in [5.74, 6) is -1.24. The first-order chi connectivity index (χ1) is 8.81. The molecule has 0 spiro atoms. The van der Waals surface area contributed by atoms with Crippen molar-refractivity contribution in [3.8, 4) is 0 Å². The number of carboxylic acids is 1. The molecule has 0 bridgehead atoms. The van der Waals surface area contributed by atoms with Crippen molar-refractivity contribution in [2.75, 3.05) is 6.54 Å². The predicted molar refractivity (Wildman–Crippen MR) is 73.0 cm³/mol. The lowest BCUT2D eigenvalue weighted by Gasteiger charge is -2.29. The lowest BCUT2D eigenvalue weighted by molar-refractivity contribution is -0.141. The van der Waals surface area contributed by atoms with E-state index in [1.54, 1.807) is 4.90 Å². The third-order valence-corrected chi connectivity index (χ3v) is 2.91. The lowest BCUT2D eigenvalue weighted by Crippen LogP contribution is -2.54. The Hall–Kier alpha value is -1.30. The van der Waals surface area contributed by atoms with E-state index in [0.717, 1.165) is 19.3 Å². The Morgan fingerprint density at radius 2 is 1.79 bits per heavy atom. The van der Waals surface area contributed by atoms with Crippen molar-refractivity contribution in [3.63, 3.8) is 0 Å². The standard InChI is InChI=1S/C13H26N2O4/c1-5-6-7-8-15(9(2)3)13(19)14-11(10(4)16)12(17)18/h9-11,16H,5-8H2,1-4H3,(H,14,19)(H,17,18). The molecular weight excluding hydrogens is 248 g/mol. The van der Waals surface area contributed by atoms with Crippen molar-refractivity contribution in [2.45, 2.75) is 65.1 Å². The number of rotatable bonds is 8. The van der Waals surface area contributed by atoms with E-state index in [1.807, 2.05) is 13.8 Å². The normalized spacial score (nSPS) is 14.0. The molecule has 0 saturated carbocycles. The summed E-state index contributed by atoms with van der Waals surface area (Å²) in [6.07, 6.45) is 1.83. The number of unbranched alkanes of at least 4 members (excludes halogenated alkanes) is 2. The maximum Gasteiger partial charge on any atom is 0.328 e. The fourth-order valence-corrected chi connectivity index (χ4v) is 1.73. The lowest BCUT2D eigenvalue weighted by atomic mass is 10.2. The van der Waals surface area contributed by atoms with Crippen molar-refractivity contribution < 1.29 is 19.8 Å². The molecule has 0 rings (SSSR count). The van der Waals surface area contributed by atoms with Gasteiger partial charge in [-0.1, -0.05) is 19.8 Å². The van der Waals surface area contributed by atoms with Crippen LogP contribution in [-0.4, -0.2) is 51.8 Å². The zero-order valence-electron chi connectivity index (χ0n) is 12.2. The fourth-order valence-electron chi connectivity index (χ4n) is 1.73. The van der Waals surface area contributed by atoms with Crippen LogP contribution < -0.4 is 5.32 Å². The Kier molecular flexibility index (Phi) is 8.14. The first-order valence-electron chi connectivity index (χ1n) is 6.79. The van der Waals surface area contributed by atoms with Crippen LogP contribution in [0.3, 0.4) is 0 Å². The van der Waals surface area contributed by atoms with Crippen LogP contribution in [0.5, 0.6) is 0 Å². The van der Waals surface area contributed by atoms with Gasteiger partial charge in [0.15, 0.2) is 6.04 Å². The molecular formula is C13H26N2O4. The van der Waals surface area contributed by atoms with Gasteiger partial charge in [-0.05, 0) is 27.2 Å². The largest absolute Gasteiger partial charge is 0.480 e. The van der Waals surface area contributed by atoms with E-state index in [0.29, 0.717) is 6.54 Å². The minimum Gasteiger partial charge on any atom is -0.480 e. The van der Waals surface area contributed by atoms with Crippen LogP contribution in [-0.2, 0) is 4.79 Å². The molecule has 0 aliphatic rings. The molecule has 0 fully saturated rings. The average molecular weight is 274 g/mol. The summed E-state index contributed by atoms with van der Waals surface area (Å²) in [5.41, 5.74) is 0. The van der Waals surface area contributed by atoms with Gasteiger partial charge in [0.05, 0.1) is 6.10 Å². The number of aliphatic hydroxyl groups is 1. The number of nitrogens with one attached hydrogen (secondary N) is 1. The summed E-state index contributed by atoms with van der Waals surface area (Å²) >= 11 is 0. The van der Waals surface area contributed by atoms with Crippen molar-refractivity contribution in [2.24, 2.45) is 0 Å². The number of amides is 2. The van der Waals surface area contributed by atoms with Gasteiger partial charge in [-0.25, -0.2) is 9.59 Å². The van der Waals surface area contributed by atoms with E-state index < -0.39 is 24.1 Å². The Labute approximate surface area is 114 Å². The molecule has 2 amide bonds. The van der Waals surface area contributed by atoms with Crippen LogP contribution in [0.1, 0.15) is 47.0 Å². The Morgan fingerprint density at radius 3 is 2.16 bits per heavy atom. The third kappa shape index (κ3) is 6.42. The molecule has 0 heterocycles. The van der Waals surface area contributed by atoms with E-state index in [2.05, 4.69) is 12.2 Å². The number of urea groups is 1. The zero-order chi connectivity index (χ0) is 15.0. The molecule has 19 heavy (non-hydrogen) atoms. The van der Waals surface area contributed by atoms with Gasteiger partial charge in [0.25, 0.3) is 0 Å². The van der Waals surface area contributed by atoms with Gasteiger partial charge < -0.3 is 20.4 Å². The van der Waals surface area contributed by atoms with Crippen LogP contribution >= 0.6 is 0 Å². The molecule has 0 aromatic carbocycles. The van der Waals surface area contributed by atoms with E-state index >= 15 is 0 Å². The summed E-state index contributed by atoms with van der Waals surface area (Å²) in [6, 6.07) is -1.74. The monoisotopic (exact) mass is 274 g/mol. The van der Waals surface area contributed by atoms with Crippen LogP contribution in [0.4, 0.5) is 4.79 Å². The van der Waals surface area contributed by atoms with E-state index in [-0.39, 0.29) is 6.04 Å². The van der Waals surface area contributed by atoms with Crippen molar-refractivity contribution >= 4 is 12.0 Å². The van der Waals surface area contributed by atoms with Gasteiger partial charge in [0.1, 0.15) is 0 Å². The second-order valence-corrected chi connectivity index (χ2v) is 5.00. The highest BCUT2D eigenvalue weighted by Gasteiger charge is 2.27. The molecule has 2 atom stereocenters. The SMILES string of the molecule is CCCCCN(C(=O)NC(C(=O)O)C(C)O)C(C)C. The summed E-state index contributed by atoms with van der Waals surface area (Å²) in [7, 11) is 0. The van der Waals surface area contributed by atoms with Gasteiger partial charge in [0.2, 0.25) is 0 Å². The summed E-state index contributed by atoms with van der Waals surface area (Å²) < 4.78 is 0. The number of carbonyl (C=O) groups excluding carboxylic acids is 1. The van der Waals surface area contributed by atoms with Gasteiger partial charge in [-0.2, -0.15) is 0 Å². The second-order valence-electron chi connectivity index (χ2n) is 5.00. The van der Waals surface area contributed by atoms with Crippen molar-refractivity contribution in [3.05, 3.63) is 0 Å². The van der Waals surface area contributed by atoms with Gasteiger partial charge in [-0.3, -0.25) is 0 Å². The Bertz CT molecular complexity index is 292. The minimum absolute atomic E-state index is 0.0136. The van der Waals surface area contributed by atoms with Gasteiger partial charge in [-0.15, -0.1) is 0 Å². The number of aliphatic hydroxyl groups excluding tert-OH is 1. The third-order valence-electron chi connectivity index (χ3n) is 2.91. The second kappa shape index (κ2) is 8.74. The Morgan fingerprint density at radius 1 is 1.21 bits per heavy atom. The predicted octanol–water partition coefficient (Wildman–Crippen LogP) is 1.43. The molecule has 6 nitrogen and oxygen atoms in total. The summed E-state index contributed by atoms with van der Waals surface area (Å²) in [4.78, 5) is 24.6. The molecule has 0 aromatic rings. The van der Waals surface area contributed by atoms with Gasteiger partial charge >= 0.3 is 12.0 Å². The molecule has 0 aliphatic heterocycles. The fraction of sp³-hybridized carbons (Fsp3) is 0.846. The molecule has 0 aliphatic carbocycles. The number of hydrogen-bond donors (Lipinski definition) is 3. The highest BCUT2D eigenvalue weighted by Crippen LogP contribution is 2.05. The molecule has 6 heteroatoms. The smallest absolute Gasteiger partial charge is 0.328 e. The first kappa shape index (κ1) is 17.7. The van der Waals surface area contributed by atoms with Crippen molar-refractivity contribution in [1.82, 2.24) is 10.2 Å². The summed E-state index contributed by atoms with van der Waals surface area (Å²) in [5, 5.41) is 20.6. The summed E-state index contributed by atoms with van der Waals surface area (Å²) in [6.45, 7) is 7.76. The molecule has 3 N–H and O–H groups in total. The minimum atomic E-state index is -1.28. The number of carboxylic acid groups (broad SMARTS) is 1. The van der Waals surface area contributed by atoms with Crippen molar-refractivity contribution in [1.29, 1.82) is 0 Å². The van der Waals surface area contributed by atoms with E-state index in [9.17, 15) is 14.7 Å². The van der Waals surface area contributed by atoms with Gasteiger partial charge in [0, 0.05) is 12.6 Å². The molecule has 0 aromatic heterocycles. The van der Waals surface area contributed by atoms with Crippen LogP contribution in [0.25, 0.3) is 0 Å². The molecule has 2 unspecified atom stereocenters. The number of aliphatic carboxylic acids is 1. The highest BCUT2D eigenvalue weighted by molar-refractivity contribution is 5.83. The van der Waals surface area contributed by atoms with Crippen LogP contribution in [0.15, 0.2) is 0 Å². The topological polar surface area (TPSA) is 89.9 Å². The number of nitrogens with zero attached hydrogens (tertiary/aromatic N) is 1.